The molecule has 70 valence electrons. The summed E-state index contributed by atoms with van der Waals surface area (Å²) in [6.07, 6.45) is -0.162. The van der Waals surface area contributed by atoms with Crippen molar-refractivity contribution in [2.45, 2.75) is 39.9 Å². The summed E-state index contributed by atoms with van der Waals surface area (Å²) in [7, 11) is 0. The molecule has 0 amide bonds. The average molecular weight is 164 g/mol. The standard InChI is InChI=1S/C5H12O.C3H8O2/c1-4-6-5(2)3;1-3(5)2-4/h5H,4H2,1-3H3;3-5H,2H2,1H3. The van der Waals surface area contributed by atoms with Crippen molar-refractivity contribution in [3.05, 3.63) is 0 Å². The maximum atomic E-state index is 8.11. The highest BCUT2D eigenvalue weighted by atomic mass is 16.5. The summed E-state index contributed by atoms with van der Waals surface area (Å²) < 4.78 is 5.04. The van der Waals surface area contributed by atoms with Crippen molar-refractivity contribution in [1.29, 1.82) is 0 Å². The third-order valence-electron chi connectivity index (χ3n) is 0.764. The van der Waals surface area contributed by atoms with Crippen LogP contribution in [0.3, 0.4) is 0 Å². The van der Waals surface area contributed by atoms with E-state index in [9.17, 15) is 0 Å². The predicted molar refractivity (Wildman–Crippen MR) is 45.5 cm³/mol. The highest BCUT2D eigenvalue weighted by Gasteiger charge is 1.84. The van der Waals surface area contributed by atoms with Gasteiger partial charge < -0.3 is 14.9 Å². The zero-order chi connectivity index (χ0) is 9.28. The Hall–Kier alpha value is -0.120. The Morgan fingerprint density at radius 3 is 1.64 bits per heavy atom. The zero-order valence-corrected chi connectivity index (χ0v) is 7.87. The molecule has 0 radical (unpaired) electrons. The molecule has 0 aliphatic heterocycles. The molecule has 0 spiro atoms. The number of rotatable bonds is 3. The third kappa shape index (κ3) is 25.8. The van der Waals surface area contributed by atoms with E-state index < -0.39 is 6.10 Å². The van der Waals surface area contributed by atoms with Gasteiger partial charge in [-0.1, -0.05) is 0 Å². The molecule has 0 aromatic rings. The Kier molecular flexibility index (Phi) is 12.1. The van der Waals surface area contributed by atoms with Crippen LogP contribution in [0.5, 0.6) is 0 Å². The van der Waals surface area contributed by atoms with Gasteiger partial charge in [-0.3, -0.25) is 0 Å². The van der Waals surface area contributed by atoms with Gasteiger partial charge in [0, 0.05) is 6.61 Å². The van der Waals surface area contributed by atoms with Crippen LogP contribution in [-0.2, 0) is 4.74 Å². The summed E-state index contributed by atoms with van der Waals surface area (Å²) in [5.41, 5.74) is 0. The Labute approximate surface area is 69.0 Å². The molecule has 3 nitrogen and oxygen atoms in total. The van der Waals surface area contributed by atoms with Gasteiger partial charge in [-0.15, -0.1) is 0 Å². The number of aliphatic hydroxyl groups is 2. The molecule has 0 aromatic carbocycles. The van der Waals surface area contributed by atoms with Gasteiger partial charge in [-0.05, 0) is 27.7 Å². The second-order valence-corrected chi connectivity index (χ2v) is 2.54. The van der Waals surface area contributed by atoms with Crippen LogP contribution in [0.4, 0.5) is 0 Å². The lowest BCUT2D eigenvalue weighted by Crippen LogP contribution is -2.03. The fourth-order valence-electron chi connectivity index (χ4n) is 0.333. The molecule has 0 bridgehead atoms. The molecule has 0 rings (SSSR count). The topological polar surface area (TPSA) is 49.7 Å². The fraction of sp³-hybridized carbons (Fsp3) is 1.00. The lowest BCUT2D eigenvalue weighted by atomic mass is 10.5. The first-order valence-electron chi connectivity index (χ1n) is 3.95. The van der Waals surface area contributed by atoms with Gasteiger partial charge in [0.15, 0.2) is 0 Å². The second-order valence-electron chi connectivity index (χ2n) is 2.54. The molecule has 0 aliphatic carbocycles. The molecule has 3 heteroatoms. The molecule has 2 N–H and O–H groups in total. The van der Waals surface area contributed by atoms with Crippen molar-refractivity contribution < 1.29 is 14.9 Å². The van der Waals surface area contributed by atoms with Crippen LogP contribution in [-0.4, -0.2) is 35.6 Å². The monoisotopic (exact) mass is 164 g/mol. The van der Waals surface area contributed by atoms with E-state index in [1.165, 1.54) is 6.92 Å². The van der Waals surface area contributed by atoms with Crippen molar-refractivity contribution in [1.82, 2.24) is 0 Å². The van der Waals surface area contributed by atoms with Crippen LogP contribution in [0.1, 0.15) is 27.7 Å². The van der Waals surface area contributed by atoms with E-state index in [1.54, 1.807) is 0 Å². The van der Waals surface area contributed by atoms with Crippen LogP contribution in [0.15, 0.2) is 0 Å². The summed E-state index contributed by atoms with van der Waals surface area (Å²) in [5.74, 6) is 0. The number of ether oxygens (including phenoxy) is 1. The molecule has 0 heterocycles. The molecular weight excluding hydrogens is 144 g/mol. The van der Waals surface area contributed by atoms with E-state index in [1.807, 2.05) is 20.8 Å². The van der Waals surface area contributed by atoms with Crippen molar-refractivity contribution in [3.8, 4) is 0 Å². The first kappa shape index (κ1) is 13.5. The number of hydrogen-bond acceptors (Lipinski definition) is 3. The highest BCUT2D eigenvalue weighted by Crippen LogP contribution is 1.83. The molecule has 0 fully saturated rings. The van der Waals surface area contributed by atoms with Gasteiger partial charge in [0.05, 0.1) is 18.8 Å². The largest absolute Gasteiger partial charge is 0.394 e. The molecule has 0 aliphatic rings. The van der Waals surface area contributed by atoms with Crippen molar-refractivity contribution in [2.24, 2.45) is 0 Å². The van der Waals surface area contributed by atoms with Crippen LogP contribution in [0.25, 0.3) is 0 Å². The Morgan fingerprint density at radius 2 is 1.64 bits per heavy atom. The van der Waals surface area contributed by atoms with Crippen LogP contribution in [0, 0.1) is 0 Å². The minimum atomic E-state index is -0.560. The molecular formula is C8H20O3. The lowest BCUT2D eigenvalue weighted by molar-refractivity contribution is 0.0899. The van der Waals surface area contributed by atoms with Gasteiger partial charge in [0.1, 0.15) is 0 Å². The van der Waals surface area contributed by atoms with Gasteiger partial charge in [-0.2, -0.15) is 0 Å². The zero-order valence-electron chi connectivity index (χ0n) is 7.87. The normalized spacial score (nSPS) is 12.3. The quantitative estimate of drug-likeness (QED) is 0.648. The maximum Gasteiger partial charge on any atom is 0.0742 e. The summed E-state index contributed by atoms with van der Waals surface area (Å²) in [5, 5.41) is 16.0. The van der Waals surface area contributed by atoms with Crippen molar-refractivity contribution >= 4 is 0 Å². The molecule has 1 unspecified atom stereocenters. The first-order chi connectivity index (χ1) is 5.04. The summed E-state index contributed by atoms with van der Waals surface area (Å²) in [6, 6.07) is 0. The van der Waals surface area contributed by atoms with E-state index >= 15 is 0 Å². The summed E-state index contributed by atoms with van der Waals surface area (Å²) >= 11 is 0. The van der Waals surface area contributed by atoms with E-state index in [0.29, 0.717) is 6.10 Å². The van der Waals surface area contributed by atoms with Crippen LogP contribution >= 0.6 is 0 Å². The minimum Gasteiger partial charge on any atom is -0.394 e. The smallest absolute Gasteiger partial charge is 0.0742 e. The maximum absolute atomic E-state index is 8.11. The average Bonchev–Trinajstić information content (AvgIpc) is 1.89. The first-order valence-corrected chi connectivity index (χ1v) is 3.95. The van der Waals surface area contributed by atoms with Crippen LogP contribution in [0.2, 0.25) is 0 Å². The van der Waals surface area contributed by atoms with Gasteiger partial charge in [0.2, 0.25) is 0 Å². The Bertz CT molecular complexity index is 62.4. The highest BCUT2D eigenvalue weighted by molar-refractivity contribution is 4.34. The van der Waals surface area contributed by atoms with E-state index in [4.69, 9.17) is 14.9 Å². The van der Waals surface area contributed by atoms with Crippen molar-refractivity contribution in [2.75, 3.05) is 13.2 Å². The predicted octanol–water partition coefficient (Wildman–Crippen LogP) is 0.791. The summed E-state index contributed by atoms with van der Waals surface area (Å²) in [4.78, 5) is 0. The fourth-order valence-corrected chi connectivity index (χ4v) is 0.333. The molecule has 0 saturated heterocycles. The molecule has 1 atom stereocenters. The molecule has 11 heavy (non-hydrogen) atoms. The second kappa shape index (κ2) is 9.88. The Morgan fingerprint density at radius 1 is 1.27 bits per heavy atom. The van der Waals surface area contributed by atoms with Gasteiger partial charge in [0.25, 0.3) is 0 Å². The summed E-state index contributed by atoms with van der Waals surface area (Å²) in [6.45, 7) is 8.28. The molecule has 0 aromatic heterocycles. The lowest BCUT2D eigenvalue weighted by Gasteiger charge is -2.00. The number of hydrogen-bond donors (Lipinski definition) is 2. The van der Waals surface area contributed by atoms with E-state index in [-0.39, 0.29) is 6.61 Å². The minimum absolute atomic E-state index is 0.139. The van der Waals surface area contributed by atoms with Gasteiger partial charge in [-0.25, -0.2) is 0 Å². The van der Waals surface area contributed by atoms with Gasteiger partial charge >= 0.3 is 0 Å². The van der Waals surface area contributed by atoms with E-state index in [0.717, 1.165) is 6.61 Å². The third-order valence-corrected chi connectivity index (χ3v) is 0.764. The SMILES string of the molecule is CC(O)CO.CCOC(C)C. The number of aliphatic hydroxyl groups excluding tert-OH is 2. The van der Waals surface area contributed by atoms with E-state index in [2.05, 4.69) is 0 Å². The Balaban J connectivity index is 0. The van der Waals surface area contributed by atoms with Crippen LogP contribution < -0.4 is 0 Å². The van der Waals surface area contributed by atoms with Crippen molar-refractivity contribution in [3.63, 3.8) is 0 Å². The molecule has 0 saturated carbocycles.